The average molecular weight is 286 g/mol. The molecule has 3 saturated heterocycles. The quantitative estimate of drug-likeness (QED) is 0.608. The van der Waals surface area contributed by atoms with Gasteiger partial charge in [-0.3, -0.25) is 11.3 Å². The molecule has 5 heteroatoms. The highest BCUT2D eigenvalue weighted by Gasteiger charge is 2.42. The van der Waals surface area contributed by atoms with Crippen LogP contribution in [0.4, 0.5) is 0 Å². The van der Waals surface area contributed by atoms with Crippen LogP contribution in [-0.2, 0) is 9.47 Å². The second-order valence-electron chi connectivity index (χ2n) is 6.23. The van der Waals surface area contributed by atoms with E-state index in [4.69, 9.17) is 15.3 Å². The van der Waals surface area contributed by atoms with Gasteiger partial charge >= 0.3 is 0 Å². The second kappa shape index (κ2) is 6.31. The molecule has 0 aromatic carbocycles. The van der Waals surface area contributed by atoms with Gasteiger partial charge in [-0.1, -0.05) is 0 Å². The van der Waals surface area contributed by atoms with Crippen molar-refractivity contribution in [1.82, 2.24) is 5.43 Å². The fourth-order valence-corrected chi connectivity index (χ4v) is 5.16. The molecule has 19 heavy (non-hydrogen) atoms. The first-order valence-corrected chi connectivity index (χ1v) is 8.76. The summed E-state index contributed by atoms with van der Waals surface area (Å²) < 4.78 is 11.9. The Bertz CT molecular complexity index is 291. The predicted molar refractivity (Wildman–Crippen MR) is 78.1 cm³/mol. The molecular weight excluding hydrogens is 260 g/mol. The van der Waals surface area contributed by atoms with Gasteiger partial charge in [0.05, 0.1) is 11.7 Å². The van der Waals surface area contributed by atoms with Crippen LogP contribution in [0.2, 0.25) is 0 Å². The number of hydrogen-bond donors (Lipinski definition) is 2. The molecule has 0 saturated carbocycles. The second-order valence-corrected chi connectivity index (χ2v) is 7.34. The van der Waals surface area contributed by atoms with Crippen LogP contribution in [-0.4, -0.2) is 42.5 Å². The maximum Gasteiger partial charge on any atom is 0.0783 e. The minimum Gasteiger partial charge on any atom is -0.378 e. The first kappa shape index (κ1) is 14.1. The van der Waals surface area contributed by atoms with Crippen molar-refractivity contribution in [2.45, 2.75) is 56.3 Å². The van der Waals surface area contributed by atoms with E-state index < -0.39 is 0 Å². The third kappa shape index (κ3) is 3.27. The number of hydrogen-bond acceptors (Lipinski definition) is 5. The van der Waals surface area contributed by atoms with Gasteiger partial charge in [-0.15, -0.1) is 0 Å². The number of nitrogens with one attached hydrogen (secondary N) is 1. The fourth-order valence-electron chi connectivity index (χ4n) is 3.78. The van der Waals surface area contributed by atoms with Gasteiger partial charge in [-0.25, -0.2) is 0 Å². The molecule has 1 spiro atoms. The van der Waals surface area contributed by atoms with Gasteiger partial charge in [0.25, 0.3) is 0 Å². The summed E-state index contributed by atoms with van der Waals surface area (Å²) in [4.78, 5) is 0. The molecule has 3 fully saturated rings. The Balaban J connectivity index is 1.58. The highest BCUT2D eigenvalue weighted by atomic mass is 32.2. The lowest BCUT2D eigenvalue weighted by atomic mass is 9.79. The molecular formula is C14H26N2O2S. The summed E-state index contributed by atoms with van der Waals surface area (Å²) in [5, 5.41) is 0. The minimum atomic E-state index is 0.152. The van der Waals surface area contributed by atoms with Crippen LogP contribution in [0.1, 0.15) is 38.5 Å². The summed E-state index contributed by atoms with van der Waals surface area (Å²) in [6.07, 6.45) is 7.39. The van der Waals surface area contributed by atoms with Crippen molar-refractivity contribution in [3.63, 3.8) is 0 Å². The van der Waals surface area contributed by atoms with E-state index in [1.165, 1.54) is 37.2 Å². The largest absolute Gasteiger partial charge is 0.378 e. The summed E-state index contributed by atoms with van der Waals surface area (Å²) in [6.45, 7) is 1.82. The Morgan fingerprint density at radius 3 is 3.00 bits per heavy atom. The number of thioether (sulfide) groups is 1. The summed E-state index contributed by atoms with van der Waals surface area (Å²) in [7, 11) is 0. The average Bonchev–Trinajstić information content (AvgIpc) is 3.08. The first-order valence-electron chi connectivity index (χ1n) is 7.61. The summed E-state index contributed by atoms with van der Waals surface area (Å²) in [5.74, 6) is 8.87. The van der Waals surface area contributed by atoms with Crippen molar-refractivity contribution in [2.24, 2.45) is 11.8 Å². The van der Waals surface area contributed by atoms with Crippen LogP contribution < -0.4 is 11.3 Å². The molecule has 3 aliphatic rings. The summed E-state index contributed by atoms with van der Waals surface area (Å²) >= 11 is 2.03. The van der Waals surface area contributed by atoms with Crippen LogP contribution in [0.25, 0.3) is 0 Å². The molecule has 3 rings (SSSR count). The highest BCUT2D eigenvalue weighted by molar-refractivity contribution is 7.99. The Morgan fingerprint density at radius 2 is 2.32 bits per heavy atom. The molecule has 3 heterocycles. The molecule has 0 bridgehead atoms. The Kier molecular flexibility index (Phi) is 4.70. The Labute approximate surface area is 120 Å². The molecule has 110 valence electrons. The third-order valence-corrected chi connectivity index (χ3v) is 6.15. The topological polar surface area (TPSA) is 56.5 Å². The van der Waals surface area contributed by atoms with Crippen molar-refractivity contribution in [3.8, 4) is 0 Å². The van der Waals surface area contributed by atoms with E-state index in [-0.39, 0.29) is 5.60 Å². The van der Waals surface area contributed by atoms with Crippen molar-refractivity contribution in [1.29, 1.82) is 0 Å². The molecule has 3 N–H and O–H groups in total. The molecule has 0 radical (unpaired) electrons. The zero-order valence-electron chi connectivity index (χ0n) is 11.6. The van der Waals surface area contributed by atoms with Gasteiger partial charge in [0, 0.05) is 25.0 Å². The van der Waals surface area contributed by atoms with Gasteiger partial charge in [0.15, 0.2) is 0 Å². The lowest BCUT2D eigenvalue weighted by Gasteiger charge is -2.41. The molecule has 3 aliphatic heterocycles. The summed E-state index contributed by atoms with van der Waals surface area (Å²) in [5.41, 5.74) is 3.21. The smallest absolute Gasteiger partial charge is 0.0783 e. The van der Waals surface area contributed by atoms with E-state index in [1.54, 1.807) is 0 Å². The molecule has 4 atom stereocenters. The van der Waals surface area contributed by atoms with Crippen molar-refractivity contribution < 1.29 is 9.47 Å². The van der Waals surface area contributed by atoms with Crippen LogP contribution in [0, 0.1) is 5.92 Å². The normalized spacial score (nSPS) is 40.9. The number of hydrazine groups is 1. The third-order valence-electron chi connectivity index (χ3n) is 4.92. The number of nitrogens with two attached hydrogens (primary N) is 1. The summed E-state index contributed by atoms with van der Waals surface area (Å²) in [6, 6.07) is 0.384. The van der Waals surface area contributed by atoms with Crippen LogP contribution >= 0.6 is 11.8 Å². The van der Waals surface area contributed by atoms with Gasteiger partial charge in [-0.05, 0) is 50.2 Å². The van der Waals surface area contributed by atoms with Gasteiger partial charge in [-0.2, -0.15) is 11.8 Å². The Morgan fingerprint density at radius 1 is 1.37 bits per heavy atom. The molecule has 0 amide bonds. The number of ether oxygens (including phenoxy) is 2. The van der Waals surface area contributed by atoms with Gasteiger partial charge in [0.2, 0.25) is 0 Å². The van der Waals surface area contributed by atoms with Crippen molar-refractivity contribution in [2.75, 3.05) is 24.7 Å². The van der Waals surface area contributed by atoms with Gasteiger partial charge < -0.3 is 9.47 Å². The van der Waals surface area contributed by atoms with Crippen molar-refractivity contribution >= 4 is 11.8 Å². The maximum atomic E-state index is 6.10. The van der Waals surface area contributed by atoms with Crippen LogP contribution in [0.3, 0.4) is 0 Å². The molecule has 0 aliphatic carbocycles. The van der Waals surface area contributed by atoms with E-state index in [0.717, 1.165) is 26.1 Å². The lowest BCUT2D eigenvalue weighted by Crippen LogP contribution is -2.49. The van der Waals surface area contributed by atoms with E-state index in [9.17, 15) is 0 Å². The fraction of sp³-hybridized carbons (Fsp3) is 1.00. The van der Waals surface area contributed by atoms with E-state index in [2.05, 4.69) is 5.43 Å². The molecule has 4 nitrogen and oxygen atoms in total. The maximum absolute atomic E-state index is 6.10. The standard InChI is InChI=1S/C14H26N2O2S/c15-16-13(8-12-2-1-5-17-12)11-3-6-18-14(9-11)4-7-19-10-14/h11-13,16H,1-10,15H2. The Hall–Kier alpha value is 0.190. The predicted octanol–water partition coefficient (Wildman–Crippen LogP) is 1.69. The lowest BCUT2D eigenvalue weighted by molar-refractivity contribution is -0.0875. The van der Waals surface area contributed by atoms with Crippen molar-refractivity contribution in [3.05, 3.63) is 0 Å². The van der Waals surface area contributed by atoms with E-state index in [1.807, 2.05) is 11.8 Å². The zero-order valence-corrected chi connectivity index (χ0v) is 12.4. The molecule has 0 aromatic rings. The van der Waals surface area contributed by atoms with E-state index >= 15 is 0 Å². The first-order chi connectivity index (χ1) is 9.31. The number of rotatable bonds is 4. The monoisotopic (exact) mass is 286 g/mol. The SMILES string of the molecule is NNC(CC1CCCO1)C1CCOC2(CCSC2)C1. The minimum absolute atomic E-state index is 0.152. The van der Waals surface area contributed by atoms with Crippen LogP contribution in [0.5, 0.6) is 0 Å². The molecule has 4 unspecified atom stereocenters. The van der Waals surface area contributed by atoms with Crippen LogP contribution in [0.15, 0.2) is 0 Å². The van der Waals surface area contributed by atoms with E-state index in [0.29, 0.717) is 18.1 Å². The zero-order chi connectivity index (χ0) is 13.1. The molecule has 0 aromatic heterocycles. The van der Waals surface area contributed by atoms with Gasteiger partial charge in [0.1, 0.15) is 0 Å². The highest BCUT2D eigenvalue weighted by Crippen LogP contribution is 2.41.